The lowest BCUT2D eigenvalue weighted by Gasteiger charge is -2.36. The van der Waals surface area contributed by atoms with Crippen LogP contribution in [0.2, 0.25) is 0 Å². The molecule has 1 aromatic carbocycles. The summed E-state index contributed by atoms with van der Waals surface area (Å²) in [5.74, 6) is 0.140. The van der Waals surface area contributed by atoms with Crippen LogP contribution in [0, 0.1) is 0 Å². The number of halogens is 1. The van der Waals surface area contributed by atoms with Gasteiger partial charge in [0.05, 0.1) is 11.4 Å². The van der Waals surface area contributed by atoms with Gasteiger partial charge in [-0.1, -0.05) is 22.0 Å². The molecule has 144 valence electrons. The Bertz CT molecular complexity index is 742. The van der Waals surface area contributed by atoms with Crippen LogP contribution in [0.1, 0.15) is 0 Å². The van der Waals surface area contributed by atoms with Crippen LogP contribution in [0.4, 0.5) is 0 Å². The monoisotopic (exact) mass is 444 g/mol. The Hall–Kier alpha value is -1.00. The second-order valence-electron chi connectivity index (χ2n) is 6.82. The molecule has 0 N–H and O–H groups in total. The van der Waals surface area contributed by atoms with Crippen molar-refractivity contribution in [3.8, 4) is 0 Å². The van der Waals surface area contributed by atoms with Crippen molar-refractivity contribution >= 4 is 31.9 Å². The van der Waals surface area contributed by atoms with E-state index in [0.29, 0.717) is 37.6 Å². The minimum Gasteiger partial charge on any atom is -0.339 e. The molecule has 0 saturated carbocycles. The highest BCUT2D eigenvalue weighted by molar-refractivity contribution is 9.10. The van der Waals surface area contributed by atoms with E-state index in [2.05, 4.69) is 27.9 Å². The highest BCUT2D eigenvalue weighted by atomic mass is 79.9. The number of benzene rings is 1. The van der Waals surface area contributed by atoms with Gasteiger partial charge in [-0.3, -0.25) is 9.69 Å². The molecular weight excluding hydrogens is 420 g/mol. The molecule has 0 aromatic heterocycles. The molecular formula is C17H25BrN4O3S. The molecule has 2 aliphatic heterocycles. The average Bonchev–Trinajstić information content (AvgIpc) is 2.62. The second kappa shape index (κ2) is 8.35. The largest absolute Gasteiger partial charge is 0.339 e. The van der Waals surface area contributed by atoms with E-state index >= 15 is 0 Å². The van der Waals surface area contributed by atoms with Crippen molar-refractivity contribution < 1.29 is 13.2 Å². The van der Waals surface area contributed by atoms with Crippen LogP contribution in [0.25, 0.3) is 0 Å². The first-order chi connectivity index (χ1) is 12.4. The number of hydrogen-bond acceptors (Lipinski definition) is 5. The minimum atomic E-state index is -3.49. The highest BCUT2D eigenvalue weighted by Crippen LogP contribution is 2.21. The fourth-order valence-corrected chi connectivity index (χ4v) is 5.27. The zero-order chi connectivity index (χ0) is 18.7. The molecule has 0 atom stereocenters. The third-order valence-corrected chi connectivity index (χ3v) is 7.37. The fraction of sp³-hybridized carbons (Fsp3) is 0.588. The van der Waals surface area contributed by atoms with Crippen LogP contribution in [0.5, 0.6) is 0 Å². The lowest BCUT2D eigenvalue weighted by molar-refractivity contribution is -0.134. The number of carbonyl (C=O) groups excluding carboxylic acids is 1. The van der Waals surface area contributed by atoms with Crippen molar-refractivity contribution in [2.24, 2.45) is 0 Å². The first-order valence-corrected chi connectivity index (χ1v) is 11.0. The molecule has 2 saturated heterocycles. The van der Waals surface area contributed by atoms with Gasteiger partial charge >= 0.3 is 0 Å². The maximum atomic E-state index is 12.8. The summed E-state index contributed by atoms with van der Waals surface area (Å²) in [6, 6.07) is 6.77. The number of amides is 1. The fourth-order valence-electron chi connectivity index (χ4n) is 3.25. The van der Waals surface area contributed by atoms with Gasteiger partial charge in [0.25, 0.3) is 0 Å². The van der Waals surface area contributed by atoms with Gasteiger partial charge in [0, 0.05) is 56.8 Å². The Morgan fingerprint density at radius 2 is 1.69 bits per heavy atom. The number of sulfonamides is 1. The first kappa shape index (κ1) is 19.8. The molecule has 0 radical (unpaired) electrons. The van der Waals surface area contributed by atoms with Crippen molar-refractivity contribution in [3.05, 3.63) is 28.7 Å². The van der Waals surface area contributed by atoms with Crippen LogP contribution in [-0.4, -0.2) is 99.3 Å². The summed E-state index contributed by atoms with van der Waals surface area (Å²) in [7, 11) is -1.42. The van der Waals surface area contributed by atoms with Crippen molar-refractivity contribution in [1.82, 2.24) is 19.0 Å². The molecule has 9 heteroatoms. The van der Waals surface area contributed by atoms with Gasteiger partial charge in [-0.2, -0.15) is 4.31 Å². The van der Waals surface area contributed by atoms with Gasteiger partial charge in [0.2, 0.25) is 15.9 Å². The van der Waals surface area contributed by atoms with Gasteiger partial charge in [0.1, 0.15) is 0 Å². The second-order valence-corrected chi connectivity index (χ2v) is 9.68. The smallest absolute Gasteiger partial charge is 0.243 e. The number of piperazine rings is 2. The number of hydrogen-bond donors (Lipinski definition) is 0. The van der Waals surface area contributed by atoms with Gasteiger partial charge in [-0.05, 0) is 25.2 Å². The van der Waals surface area contributed by atoms with Crippen LogP contribution in [0.15, 0.2) is 33.6 Å². The third kappa shape index (κ3) is 4.64. The van der Waals surface area contributed by atoms with E-state index < -0.39 is 10.0 Å². The molecule has 3 rings (SSSR count). The van der Waals surface area contributed by atoms with Gasteiger partial charge in [-0.15, -0.1) is 0 Å². The predicted octanol–water partition coefficient (Wildman–Crippen LogP) is 0.529. The summed E-state index contributed by atoms with van der Waals surface area (Å²) in [4.78, 5) is 18.9. The van der Waals surface area contributed by atoms with Crippen molar-refractivity contribution in [2.45, 2.75) is 4.90 Å². The Balaban J connectivity index is 1.53. The van der Waals surface area contributed by atoms with Crippen LogP contribution in [-0.2, 0) is 14.8 Å². The van der Waals surface area contributed by atoms with E-state index in [4.69, 9.17) is 0 Å². The van der Waals surface area contributed by atoms with E-state index in [1.165, 1.54) is 4.31 Å². The summed E-state index contributed by atoms with van der Waals surface area (Å²) in [6.45, 7) is 5.69. The Labute approximate surface area is 163 Å². The standard InChI is InChI=1S/C17H25BrN4O3S/c1-19-5-9-21(10-6-19)17(23)14-20-7-11-22(12-8-20)26(24,25)16-4-2-3-15(18)13-16/h2-4,13H,5-12,14H2,1H3. The van der Waals surface area contributed by atoms with Crippen LogP contribution >= 0.6 is 15.9 Å². The molecule has 1 amide bonds. The Kier molecular flexibility index (Phi) is 6.34. The lowest BCUT2D eigenvalue weighted by Crippen LogP contribution is -2.53. The van der Waals surface area contributed by atoms with E-state index in [0.717, 1.165) is 30.7 Å². The highest BCUT2D eigenvalue weighted by Gasteiger charge is 2.30. The summed E-state index contributed by atoms with van der Waals surface area (Å²) < 4.78 is 27.8. The summed E-state index contributed by atoms with van der Waals surface area (Å²) in [5.41, 5.74) is 0. The van der Waals surface area contributed by atoms with Gasteiger partial charge < -0.3 is 9.80 Å². The SMILES string of the molecule is CN1CCN(C(=O)CN2CCN(S(=O)(=O)c3cccc(Br)c3)CC2)CC1. The number of likely N-dealkylation sites (N-methyl/N-ethyl adjacent to an activating group) is 1. The Morgan fingerprint density at radius 1 is 1.04 bits per heavy atom. The maximum Gasteiger partial charge on any atom is 0.243 e. The predicted molar refractivity (Wildman–Crippen MR) is 103 cm³/mol. The molecule has 0 aliphatic carbocycles. The van der Waals surface area contributed by atoms with E-state index in [1.54, 1.807) is 24.3 Å². The van der Waals surface area contributed by atoms with Crippen LogP contribution < -0.4 is 0 Å². The number of carbonyl (C=O) groups is 1. The third-order valence-electron chi connectivity index (χ3n) is 4.98. The molecule has 0 spiro atoms. The average molecular weight is 445 g/mol. The Morgan fingerprint density at radius 3 is 2.31 bits per heavy atom. The quantitative estimate of drug-likeness (QED) is 0.677. The molecule has 26 heavy (non-hydrogen) atoms. The van der Waals surface area contributed by atoms with Gasteiger partial charge in [0.15, 0.2) is 0 Å². The lowest BCUT2D eigenvalue weighted by atomic mass is 10.3. The summed E-state index contributed by atoms with van der Waals surface area (Å²) >= 11 is 3.32. The summed E-state index contributed by atoms with van der Waals surface area (Å²) in [6.07, 6.45) is 0. The number of rotatable bonds is 4. The van der Waals surface area contributed by atoms with E-state index in [-0.39, 0.29) is 5.91 Å². The molecule has 0 bridgehead atoms. The zero-order valence-electron chi connectivity index (χ0n) is 15.0. The normalized spacial score (nSPS) is 21.1. The van der Waals surface area contributed by atoms with Crippen molar-refractivity contribution in [2.75, 3.05) is 66.0 Å². The van der Waals surface area contributed by atoms with Crippen molar-refractivity contribution in [1.29, 1.82) is 0 Å². The summed E-state index contributed by atoms with van der Waals surface area (Å²) in [5, 5.41) is 0. The van der Waals surface area contributed by atoms with E-state index in [9.17, 15) is 13.2 Å². The topological polar surface area (TPSA) is 64.2 Å². The zero-order valence-corrected chi connectivity index (χ0v) is 17.4. The molecule has 2 heterocycles. The number of nitrogens with zero attached hydrogens (tertiary/aromatic N) is 4. The first-order valence-electron chi connectivity index (χ1n) is 8.80. The molecule has 7 nitrogen and oxygen atoms in total. The molecule has 2 aliphatic rings. The maximum absolute atomic E-state index is 12.8. The molecule has 2 fully saturated rings. The minimum absolute atomic E-state index is 0.140. The van der Waals surface area contributed by atoms with Crippen LogP contribution in [0.3, 0.4) is 0 Å². The molecule has 1 aromatic rings. The van der Waals surface area contributed by atoms with E-state index in [1.807, 2.05) is 9.80 Å². The van der Waals surface area contributed by atoms with Gasteiger partial charge in [-0.25, -0.2) is 8.42 Å². The van der Waals surface area contributed by atoms with Crippen molar-refractivity contribution in [3.63, 3.8) is 0 Å². The molecule has 0 unspecified atom stereocenters.